The largest absolute Gasteiger partial charge is 0.417 e. The summed E-state index contributed by atoms with van der Waals surface area (Å²) in [4.78, 5) is 25.4. The molecule has 1 aromatic heterocycles. The van der Waals surface area contributed by atoms with E-state index in [0.717, 1.165) is 0 Å². The quantitative estimate of drug-likeness (QED) is 0.851. The van der Waals surface area contributed by atoms with Gasteiger partial charge in [0.1, 0.15) is 0 Å². The average Bonchev–Trinajstić information content (AvgIpc) is 2.65. The van der Waals surface area contributed by atoms with Crippen LogP contribution in [0.4, 0.5) is 5.69 Å². The Kier molecular flexibility index (Phi) is 2.64. The summed E-state index contributed by atoms with van der Waals surface area (Å²) >= 11 is 0. The van der Waals surface area contributed by atoms with Crippen molar-refractivity contribution in [2.75, 3.05) is 18.5 Å². The Morgan fingerprint density at radius 3 is 3.00 bits per heavy atom. The second-order valence-electron chi connectivity index (χ2n) is 4.35. The van der Waals surface area contributed by atoms with Crippen molar-refractivity contribution in [2.45, 2.75) is 6.42 Å². The number of carbonyl (C=O) groups excluding carboxylic acids is 1. The lowest BCUT2D eigenvalue weighted by molar-refractivity contribution is -0.121. The van der Waals surface area contributed by atoms with Crippen LogP contribution in [0.25, 0.3) is 11.1 Å². The summed E-state index contributed by atoms with van der Waals surface area (Å²) in [5.41, 5.74) is 1.46. The summed E-state index contributed by atoms with van der Waals surface area (Å²) in [5.74, 6) is -0.332. The molecule has 1 aliphatic rings. The van der Waals surface area contributed by atoms with Gasteiger partial charge < -0.3 is 14.5 Å². The minimum absolute atomic E-state index is 0.0975. The maximum atomic E-state index is 11.8. The summed E-state index contributed by atoms with van der Waals surface area (Å²) in [6.45, 7) is 1.27. The zero-order valence-electron chi connectivity index (χ0n) is 9.56. The number of nitrogens with one attached hydrogen (secondary N) is 2. The van der Waals surface area contributed by atoms with E-state index in [4.69, 9.17) is 9.15 Å². The van der Waals surface area contributed by atoms with Gasteiger partial charge in [0.2, 0.25) is 5.91 Å². The van der Waals surface area contributed by atoms with Crippen LogP contribution in [0.3, 0.4) is 0 Å². The Balaban J connectivity index is 1.80. The lowest BCUT2D eigenvalue weighted by atomic mass is 10.0. The van der Waals surface area contributed by atoms with Gasteiger partial charge in [-0.1, -0.05) is 6.07 Å². The van der Waals surface area contributed by atoms with Crippen LogP contribution in [-0.2, 0) is 9.53 Å². The monoisotopic (exact) mass is 248 g/mol. The van der Waals surface area contributed by atoms with Crippen LogP contribution < -0.4 is 11.1 Å². The molecular formula is C12H12N2O4. The van der Waals surface area contributed by atoms with Gasteiger partial charge >= 0.3 is 5.76 Å². The van der Waals surface area contributed by atoms with Crippen molar-refractivity contribution < 1.29 is 13.9 Å². The third-order valence-corrected chi connectivity index (χ3v) is 2.90. The number of H-pyrrole nitrogens is 1. The van der Waals surface area contributed by atoms with E-state index in [9.17, 15) is 9.59 Å². The van der Waals surface area contributed by atoms with E-state index < -0.39 is 5.76 Å². The third-order valence-electron chi connectivity index (χ3n) is 2.90. The van der Waals surface area contributed by atoms with Crippen LogP contribution in [-0.4, -0.2) is 24.1 Å². The normalized spacial score (nSPS) is 15.6. The molecular weight excluding hydrogens is 236 g/mol. The molecule has 0 unspecified atom stereocenters. The molecule has 1 aromatic carbocycles. The van der Waals surface area contributed by atoms with E-state index in [0.29, 0.717) is 42.3 Å². The second kappa shape index (κ2) is 4.30. The highest BCUT2D eigenvalue weighted by Crippen LogP contribution is 2.22. The molecule has 2 N–H and O–H groups in total. The molecule has 0 spiro atoms. The summed E-state index contributed by atoms with van der Waals surface area (Å²) in [7, 11) is 0. The first-order valence-corrected chi connectivity index (χ1v) is 5.72. The molecule has 0 aliphatic carbocycles. The smallest absolute Gasteiger partial charge is 0.406 e. The maximum Gasteiger partial charge on any atom is 0.417 e. The van der Waals surface area contributed by atoms with Crippen molar-refractivity contribution in [1.29, 1.82) is 0 Å². The Bertz CT molecular complexity index is 639. The summed E-state index contributed by atoms with van der Waals surface area (Å²) in [5, 5.41) is 2.75. The number of para-hydroxylation sites is 1. The molecule has 6 heteroatoms. The zero-order valence-corrected chi connectivity index (χ0v) is 9.56. The SMILES string of the molecule is O=C(CC1COC1)Nc1cccc2[nH]c(=O)oc12. The maximum absolute atomic E-state index is 11.8. The van der Waals surface area contributed by atoms with E-state index >= 15 is 0 Å². The minimum Gasteiger partial charge on any atom is -0.406 e. The number of hydrogen-bond donors (Lipinski definition) is 2. The molecule has 6 nitrogen and oxygen atoms in total. The topological polar surface area (TPSA) is 84.3 Å². The Labute approximate surface area is 102 Å². The highest BCUT2D eigenvalue weighted by atomic mass is 16.5. The molecule has 0 atom stereocenters. The Hall–Kier alpha value is -2.08. The van der Waals surface area contributed by atoms with Gasteiger partial charge in [0.05, 0.1) is 24.4 Å². The lowest BCUT2D eigenvalue weighted by Crippen LogP contribution is -2.31. The van der Waals surface area contributed by atoms with Crippen LogP contribution in [0, 0.1) is 5.92 Å². The van der Waals surface area contributed by atoms with Gasteiger partial charge in [-0.3, -0.25) is 9.78 Å². The van der Waals surface area contributed by atoms with Gasteiger partial charge in [-0.2, -0.15) is 0 Å². The van der Waals surface area contributed by atoms with Crippen molar-refractivity contribution in [2.24, 2.45) is 5.92 Å². The Morgan fingerprint density at radius 2 is 2.28 bits per heavy atom. The molecule has 1 saturated heterocycles. The first kappa shape index (κ1) is 11.0. The van der Waals surface area contributed by atoms with Gasteiger partial charge in [-0.25, -0.2) is 4.79 Å². The van der Waals surface area contributed by atoms with E-state index in [1.165, 1.54) is 0 Å². The molecule has 1 aliphatic heterocycles. The third kappa shape index (κ3) is 2.02. The van der Waals surface area contributed by atoms with Crippen LogP contribution in [0.2, 0.25) is 0 Å². The van der Waals surface area contributed by atoms with Gasteiger partial charge in [-0.05, 0) is 12.1 Å². The fourth-order valence-corrected chi connectivity index (χ4v) is 1.94. The number of aromatic nitrogens is 1. The number of oxazole rings is 1. The molecule has 2 heterocycles. The van der Waals surface area contributed by atoms with E-state index in [-0.39, 0.29) is 5.91 Å². The fraction of sp³-hybridized carbons (Fsp3) is 0.333. The number of ether oxygens (including phenoxy) is 1. The molecule has 94 valence electrons. The molecule has 0 saturated carbocycles. The predicted octanol–water partition coefficient (Wildman–Crippen LogP) is 1.10. The number of hydrogen-bond acceptors (Lipinski definition) is 4. The van der Waals surface area contributed by atoms with Crippen molar-refractivity contribution in [3.8, 4) is 0 Å². The lowest BCUT2D eigenvalue weighted by Gasteiger charge is -2.25. The van der Waals surface area contributed by atoms with Crippen LogP contribution in [0.15, 0.2) is 27.4 Å². The number of amides is 1. The van der Waals surface area contributed by atoms with Gasteiger partial charge in [0.25, 0.3) is 0 Å². The summed E-state index contributed by atoms with van der Waals surface area (Å²) in [6.07, 6.45) is 0.422. The number of carbonyl (C=O) groups is 1. The van der Waals surface area contributed by atoms with Crippen molar-refractivity contribution >= 4 is 22.7 Å². The van der Waals surface area contributed by atoms with Gasteiger partial charge in [0.15, 0.2) is 5.58 Å². The van der Waals surface area contributed by atoms with Gasteiger partial charge in [0, 0.05) is 12.3 Å². The molecule has 1 amide bonds. The average molecular weight is 248 g/mol. The number of benzene rings is 1. The summed E-state index contributed by atoms with van der Waals surface area (Å²) < 4.78 is 10.0. The van der Waals surface area contributed by atoms with E-state index in [1.54, 1.807) is 18.2 Å². The highest BCUT2D eigenvalue weighted by Gasteiger charge is 2.22. The molecule has 0 bridgehead atoms. The number of fused-ring (bicyclic) bond motifs is 1. The standard InChI is InChI=1S/C12H12N2O4/c15-10(4-7-5-17-6-7)13-8-2-1-3-9-11(8)18-12(16)14-9/h1-3,7H,4-6H2,(H,13,15)(H,14,16). The van der Waals surface area contributed by atoms with Crippen LogP contribution in [0.5, 0.6) is 0 Å². The van der Waals surface area contributed by atoms with E-state index in [1.807, 2.05) is 0 Å². The second-order valence-corrected chi connectivity index (χ2v) is 4.35. The highest BCUT2D eigenvalue weighted by molar-refractivity contribution is 5.98. The summed E-state index contributed by atoms with van der Waals surface area (Å²) in [6, 6.07) is 5.17. The van der Waals surface area contributed by atoms with Crippen LogP contribution in [0.1, 0.15) is 6.42 Å². The minimum atomic E-state index is -0.529. The van der Waals surface area contributed by atoms with Crippen molar-refractivity contribution in [1.82, 2.24) is 4.98 Å². The zero-order chi connectivity index (χ0) is 12.5. The molecule has 18 heavy (non-hydrogen) atoms. The van der Waals surface area contributed by atoms with E-state index in [2.05, 4.69) is 10.3 Å². The number of aromatic amines is 1. The molecule has 1 fully saturated rings. The predicted molar refractivity (Wildman–Crippen MR) is 64.4 cm³/mol. The first-order valence-electron chi connectivity index (χ1n) is 5.72. The van der Waals surface area contributed by atoms with Crippen molar-refractivity contribution in [3.63, 3.8) is 0 Å². The molecule has 3 rings (SSSR count). The fourth-order valence-electron chi connectivity index (χ4n) is 1.94. The molecule has 0 radical (unpaired) electrons. The molecule has 2 aromatic rings. The Morgan fingerprint density at radius 1 is 1.44 bits per heavy atom. The van der Waals surface area contributed by atoms with Crippen LogP contribution >= 0.6 is 0 Å². The first-order chi connectivity index (χ1) is 8.72. The number of rotatable bonds is 3. The van der Waals surface area contributed by atoms with Gasteiger partial charge in [-0.15, -0.1) is 0 Å². The number of anilines is 1. The van der Waals surface area contributed by atoms with Crippen molar-refractivity contribution in [3.05, 3.63) is 28.7 Å².